The number of esters is 2. The number of rotatable bonds is 5. The maximum atomic E-state index is 12.3. The maximum Gasteiger partial charge on any atom is 0.406 e. The fourth-order valence-corrected chi connectivity index (χ4v) is 2.43. The molecule has 2 rings (SSSR count). The number of nitrogens with zero attached hydrogens (tertiary/aromatic N) is 1. The Kier molecular flexibility index (Phi) is 5.43. The second-order valence-corrected chi connectivity index (χ2v) is 6.00. The highest BCUT2D eigenvalue weighted by molar-refractivity contribution is 6.37. The van der Waals surface area contributed by atoms with Gasteiger partial charge in [0.2, 0.25) is 0 Å². The molecule has 0 saturated heterocycles. The van der Waals surface area contributed by atoms with Gasteiger partial charge in [-0.3, -0.25) is 10.0 Å². The Bertz CT molecular complexity index is 638. The number of hydrogen-bond donors (Lipinski definition) is 0. The van der Waals surface area contributed by atoms with Crippen LogP contribution in [0.15, 0.2) is 30.3 Å². The van der Waals surface area contributed by atoms with Crippen LogP contribution in [0.25, 0.3) is 0 Å². The molecule has 7 heteroatoms. The van der Waals surface area contributed by atoms with Crippen LogP contribution >= 0.6 is 0 Å². The van der Waals surface area contributed by atoms with Gasteiger partial charge < -0.3 is 14.3 Å². The second-order valence-electron chi connectivity index (χ2n) is 6.00. The van der Waals surface area contributed by atoms with E-state index in [4.69, 9.17) is 14.3 Å². The first-order valence-electron chi connectivity index (χ1n) is 7.78. The summed E-state index contributed by atoms with van der Waals surface area (Å²) in [6.07, 6.45) is -2.01. The highest BCUT2D eigenvalue weighted by Crippen LogP contribution is 2.30. The van der Waals surface area contributed by atoms with E-state index in [2.05, 4.69) is 0 Å². The molecule has 130 valence electrons. The fraction of sp³-hybridized carbons (Fsp3) is 0.471. The lowest BCUT2D eigenvalue weighted by molar-refractivity contribution is -0.736. The number of carbonyl (C=O) groups is 2. The third-order valence-corrected chi connectivity index (χ3v) is 3.30. The highest BCUT2D eigenvalue weighted by Gasteiger charge is 2.50. The van der Waals surface area contributed by atoms with Gasteiger partial charge in [0.25, 0.3) is 0 Å². The summed E-state index contributed by atoms with van der Waals surface area (Å²) in [5, 5.41) is 12.1. The van der Waals surface area contributed by atoms with Gasteiger partial charge in [0, 0.05) is 0 Å². The lowest BCUT2D eigenvalue weighted by Crippen LogP contribution is -2.35. The van der Waals surface area contributed by atoms with Gasteiger partial charge in [-0.25, -0.2) is 4.79 Å². The van der Waals surface area contributed by atoms with Crippen molar-refractivity contribution in [2.24, 2.45) is 0 Å². The SMILES string of the molecule is CC(C)OC(=O)C1=[N+]([O-])O[C@H](C(=O)OC(C)C)[C@H]1c1ccccc1. The lowest BCUT2D eigenvalue weighted by Gasteiger charge is -2.19. The molecule has 1 aliphatic rings. The molecule has 0 bridgehead atoms. The van der Waals surface area contributed by atoms with Crippen molar-refractivity contribution in [3.8, 4) is 0 Å². The largest absolute Gasteiger partial charge is 0.462 e. The number of benzene rings is 1. The fourth-order valence-electron chi connectivity index (χ4n) is 2.43. The molecular formula is C17H21NO6. The van der Waals surface area contributed by atoms with Crippen LogP contribution in [-0.4, -0.2) is 40.9 Å². The summed E-state index contributed by atoms with van der Waals surface area (Å²) in [5.41, 5.74) is 0.331. The van der Waals surface area contributed by atoms with Gasteiger partial charge in [-0.2, -0.15) is 0 Å². The van der Waals surface area contributed by atoms with E-state index in [1.165, 1.54) is 0 Å². The smallest absolute Gasteiger partial charge is 0.406 e. The van der Waals surface area contributed by atoms with E-state index in [0.29, 0.717) is 5.56 Å². The van der Waals surface area contributed by atoms with Gasteiger partial charge in [0.05, 0.1) is 17.1 Å². The standard InChI is InChI=1S/C17H21NO6/c1-10(2)22-16(19)14-13(12-8-6-5-7-9-12)15(24-18(14)21)17(20)23-11(3)4/h5-11,13,15H,1-4H3/t13-,15-/m0/s1. The average molecular weight is 335 g/mol. The summed E-state index contributed by atoms with van der Waals surface area (Å²) in [6, 6.07) is 8.72. The van der Waals surface area contributed by atoms with E-state index in [1.807, 2.05) is 0 Å². The van der Waals surface area contributed by atoms with E-state index in [9.17, 15) is 14.8 Å². The monoisotopic (exact) mass is 335 g/mol. The molecule has 0 fully saturated rings. The molecule has 24 heavy (non-hydrogen) atoms. The number of ether oxygens (including phenoxy) is 2. The summed E-state index contributed by atoms with van der Waals surface area (Å²) in [4.78, 5) is 29.7. The van der Waals surface area contributed by atoms with Gasteiger partial charge in [0.1, 0.15) is 5.92 Å². The molecule has 0 aliphatic carbocycles. The first-order chi connectivity index (χ1) is 11.3. The molecule has 0 radical (unpaired) electrons. The molecule has 1 aromatic carbocycles. The topological polar surface area (TPSA) is 87.9 Å². The van der Waals surface area contributed by atoms with Crippen LogP contribution in [-0.2, 0) is 23.9 Å². The third kappa shape index (κ3) is 3.84. The van der Waals surface area contributed by atoms with Crippen LogP contribution in [0.3, 0.4) is 0 Å². The molecular weight excluding hydrogens is 314 g/mol. The molecule has 0 amide bonds. The second kappa shape index (κ2) is 7.33. The van der Waals surface area contributed by atoms with Crippen molar-refractivity contribution in [2.75, 3.05) is 0 Å². The van der Waals surface area contributed by atoms with Crippen LogP contribution in [0.5, 0.6) is 0 Å². The molecule has 0 aromatic heterocycles. The molecule has 0 spiro atoms. The van der Waals surface area contributed by atoms with Gasteiger partial charge in [-0.05, 0) is 33.3 Å². The Balaban J connectivity index is 2.39. The minimum atomic E-state index is -1.23. The van der Waals surface area contributed by atoms with Crippen LogP contribution < -0.4 is 0 Å². The van der Waals surface area contributed by atoms with Crippen molar-refractivity contribution in [2.45, 2.75) is 51.9 Å². The van der Waals surface area contributed by atoms with Gasteiger partial charge >= 0.3 is 17.7 Å². The van der Waals surface area contributed by atoms with Gasteiger partial charge in [0.15, 0.2) is 6.10 Å². The summed E-state index contributed by atoms with van der Waals surface area (Å²) in [5.74, 6) is -2.40. The summed E-state index contributed by atoms with van der Waals surface area (Å²) in [7, 11) is 0. The van der Waals surface area contributed by atoms with E-state index in [1.54, 1.807) is 58.0 Å². The Morgan fingerprint density at radius 2 is 1.67 bits per heavy atom. The quantitative estimate of drug-likeness (QED) is 0.603. The first-order valence-corrected chi connectivity index (χ1v) is 7.78. The van der Waals surface area contributed by atoms with Crippen LogP contribution in [0.4, 0.5) is 0 Å². The Morgan fingerprint density at radius 1 is 1.08 bits per heavy atom. The van der Waals surface area contributed by atoms with Crippen molar-refractivity contribution in [1.29, 1.82) is 0 Å². The number of carbonyl (C=O) groups excluding carboxylic acids is 2. The van der Waals surface area contributed by atoms with Crippen LogP contribution in [0.1, 0.15) is 39.2 Å². The Hall–Kier alpha value is -2.57. The molecule has 0 saturated carbocycles. The van der Waals surface area contributed by atoms with Crippen molar-refractivity contribution in [1.82, 2.24) is 0 Å². The predicted octanol–water partition coefficient (Wildman–Crippen LogP) is 1.94. The van der Waals surface area contributed by atoms with Crippen LogP contribution in [0, 0.1) is 5.21 Å². The molecule has 1 aliphatic heterocycles. The van der Waals surface area contributed by atoms with Crippen molar-refractivity contribution in [3.63, 3.8) is 0 Å². The Labute approximate surface area is 140 Å². The summed E-state index contributed by atoms with van der Waals surface area (Å²) >= 11 is 0. The average Bonchev–Trinajstić information content (AvgIpc) is 2.84. The van der Waals surface area contributed by atoms with E-state index in [-0.39, 0.29) is 16.7 Å². The van der Waals surface area contributed by atoms with Crippen LogP contribution in [0.2, 0.25) is 0 Å². The predicted molar refractivity (Wildman–Crippen MR) is 85.1 cm³/mol. The highest BCUT2D eigenvalue weighted by atomic mass is 16.9. The van der Waals surface area contributed by atoms with E-state index >= 15 is 0 Å². The van der Waals surface area contributed by atoms with Crippen molar-refractivity contribution < 1.29 is 28.8 Å². The Morgan fingerprint density at radius 3 is 2.21 bits per heavy atom. The number of hydrogen-bond acceptors (Lipinski definition) is 6. The molecule has 0 unspecified atom stereocenters. The van der Waals surface area contributed by atoms with Gasteiger partial charge in [-0.1, -0.05) is 30.3 Å². The van der Waals surface area contributed by atoms with Gasteiger partial charge in [-0.15, -0.1) is 0 Å². The zero-order valence-electron chi connectivity index (χ0n) is 14.1. The van der Waals surface area contributed by atoms with Crippen molar-refractivity contribution >= 4 is 17.7 Å². The minimum Gasteiger partial charge on any atom is -0.462 e. The molecule has 2 atom stereocenters. The normalized spacial score (nSPS) is 20.2. The van der Waals surface area contributed by atoms with E-state index < -0.39 is 30.1 Å². The molecule has 7 nitrogen and oxygen atoms in total. The summed E-state index contributed by atoms with van der Waals surface area (Å²) < 4.78 is 10.3. The first kappa shape index (κ1) is 17.8. The minimum absolute atomic E-state index is 0.0641. The molecule has 1 aromatic rings. The molecule has 1 heterocycles. The molecule has 0 N–H and O–H groups in total. The van der Waals surface area contributed by atoms with E-state index in [0.717, 1.165) is 0 Å². The lowest BCUT2D eigenvalue weighted by atomic mass is 9.89. The zero-order chi connectivity index (χ0) is 17.9. The van der Waals surface area contributed by atoms with Crippen molar-refractivity contribution in [3.05, 3.63) is 41.1 Å². The maximum absolute atomic E-state index is 12.3. The third-order valence-electron chi connectivity index (χ3n) is 3.30. The summed E-state index contributed by atoms with van der Waals surface area (Å²) in [6.45, 7) is 6.73. The zero-order valence-corrected chi connectivity index (χ0v) is 14.1.